The van der Waals surface area contributed by atoms with Crippen molar-refractivity contribution in [1.82, 2.24) is 5.32 Å². The van der Waals surface area contributed by atoms with Crippen molar-refractivity contribution in [2.45, 2.75) is 26.4 Å². The van der Waals surface area contributed by atoms with E-state index in [1.807, 2.05) is 13.8 Å². The Labute approximate surface area is 75.4 Å². The normalized spacial score (nSPS) is 11.0. The number of hydrogen-bond acceptors (Lipinski definition) is 3. The van der Waals surface area contributed by atoms with Gasteiger partial charge in [0.25, 0.3) is 0 Å². The minimum atomic E-state index is 0.339. The van der Waals surface area contributed by atoms with Gasteiger partial charge in [-0.2, -0.15) is 0 Å². The average molecular weight is 175 g/mol. The fraction of sp³-hybridized carbons (Fsp3) is 1.00. The van der Waals surface area contributed by atoms with E-state index in [1.54, 1.807) is 7.11 Å². The van der Waals surface area contributed by atoms with Crippen molar-refractivity contribution in [1.29, 1.82) is 0 Å². The molecule has 0 saturated heterocycles. The molecule has 0 aliphatic rings. The molecule has 0 heterocycles. The van der Waals surface area contributed by atoms with Crippen molar-refractivity contribution in [3.63, 3.8) is 0 Å². The lowest BCUT2D eigenvalue weighted by atomic mass is 10.4. The summed E-state index contributed by atoms with van der Waals surface area (Å²) in [5, 5.41) is 3.27. The van der Waals surface area contributed by atoms with Crippen LogP contribution < -0.4 is 5.32 Å². The second-order valence-electron chi connectivity index (χ2n) is 3.02. The molecule has 0 radical (unpaired) electrons. The molecule has 0 aliphatic carbocycles. The van der Waals surface area contributed by atoms with Crippen molar-refractivity contribution >= 4 is 0 Å². The maximum Gasteiger partial charge on any atom is 0.0594 e. The second kappa shape index (κ2) is 8.97. The number of ether oxygens (including phenoxy) is 2. The van der Waals surface area contributed by atoms with E-state index < -0.39 is 0 Å². The Kier molecular flexibility index (Phi) is 8.88. The van der Waals surface area contributed by atoms with E-state index in [2.05, 4.69) is 5.32 Å². The molecule has 0 aromatic carbocycles. The van der Waals surface area contributed by atoms with Gasteiger partial charge < -0.3 is 14.8 Å². The quantitative estimate of drug-likeness (QED) is 0.559. The van der Waals surface area contributed by atoms with E-state index in [1.165, 1.54) is 0 Å². The van der Waals surface area contributed by atoms with Gasteiger partial charge in [-0.25, -0.2) is 0 Å². The van der Waals surface area contributed by atoms with Gasteiger partial charge in [-0.3, -0.25) is 0 Å². The number of rotatable bonds is 8. The third kappa shape index (κ3) is 9.88. The monoisotopic (exact) mass is 175 g/mol. The number of hydrogen-bond donors (Lipinski definition) is 1. The Balaban J connectivity index is 2.82. The molecular weight excluding hydrogens is 154 g/mol. The molecular formula is C9H21NO2. The van der Waals surface area contributed by atoms with Crippen molar-refractivity contribution in [3.05, 3.63) is 0 Å². The van der Waals surface area contributed by atoms with Gasteiger partial charge in [0.2, 0.25) is 0 Å². The smallest absolute Gasteiger partial charge is 0.0594 e. The van der Waals surface area contributed by atoms with E-state index in [0.717, 1.165) is 32.7 Å². The van der Waals surface area contributed by atoms with Gasteiger partial charge in [0.05, 0.1) is 12.7 Å². The first-order valence-electron chi connectivity index (χ1n) is 4.58. The SMILES string of the molecule is COCCCNCCOC(C)C. The first-order chi connectivity index (χ1) is 5.77. The minimum absolute atomic E-state index is 0.339. The molecule has 0 aromatic rings. The number of methoxy groups -OCH3 is 1. The molecule has 0 unspecified atom stereocenters. The highest BCUT2D eigenvalue weighted by Gasteiger charge is 1.91. The second-order valence-corrected chi connectivity index (χ2v) is 3.02. The highest BCUT2D eigenvalue weighted by atomic mass is 16.5. The lowest BCUT2D eigenvalue weighted by Gasteiger charge is -2.07. The highest BCUT2D eigenvalue weighted by Crippen LogP contribution is 1.85. The summed E-state index contributed by atoms with van der Waals surface area (Å²) in [6.45, 7) is 7.66. The summed E-state index contributed by atoms with van der Waals surface area (Å²) in [5.41, 5.74) is 0. The van der Waals surface area contributed by atoms with Gasteiger partial charge in [-0.15, -0.1) is 0 Å². The fourth-order valence-electron chi connectivity index (χ4n) is 0.833. The minimum Gasteiger partial charge on any atom is -0.385 e. The van der Waals surface area contributed by atoms with Crippen molar-refractivity contribution < 1.29 is 9.47 Å². The van der Waals surface area contributed by atoms with Gasteiger partial charge in [-0.1, -0.05) is 0 Å². The maximum absolute atomic E-state index is 5.35. The zero-order valence-electron chi connectivity index (χ0n) is 8.43. The largest absolute Gasteiger partial charge is 0.385 e. The highest BCUT2D eigenvalue weighted by molar-refractivity contribution is 4.47. The topological polar surface area (TPSA) is 30.5 Å². The third-order valence-corrected chi connectivity index (χ3v) is 1.43. The van der Waals surface area contributed by atoms with Crippen LogP contribution in [0.2, 0.25) is 0 Å². The molecule has 3 heteroatoms. The Hall–Kier alpha value is -0.120. The summed E-state index contributed by atoms with van der Waals surface area (Å²) in [7, 11) is 1.72. The van der Waals surface area contributed by atoms with E-state index >= 15 is 0 Å². The average Bonchev–Trinajstić information content (AvgIpc) is 2.02. The lowest BCUT2D eigenvalue weighted by molar-refractivity contribution is 0.0805. The van der Waals surface area contributed by atoms with Crippen LogP contribution in [-0.2, 0) is 9.47 Å². The van der Waals surface area contributed by atoms with Crippen molar-refractivity contribution in [2.24, 2.45) is 0 Å². The van der Waals surface area contributed by atoms with Crippen LogP contribution >= 0.6 is 0 Å². The maximum atomic E-state index is 5.35. The predicted molar refractivity (Wildman–Crippen MR) is 50.5 cm³/mol. The summed E-state index contributed by atoms with van der Waals surface area (Å²) in [5.74, 6) is 0. The molecule has 0 aromatic heterocycles. The first-order valence-corrected chi connectivity index (χ1v) is 4.58. The zero-order valence-corrected chi connectivity index (χ0v) is 8.43. The summed E-state index contributed by atoms with van der Waals surface area (Å²) < 4.78 is 10.3. The van der Waals surface area contributed by atoms with Crippen LogP contribution in [0.5, 0.6) is 0 Å². The third-order valence-electron chi connectivity index (χ3n) is 1.43. The van der Waals surface area contributed by atoms with Gasteiger partial charge in [0, 0.05) is 20.3 Å². The van der Waals surface area contributed by atoms with Crippen LogP contribution in [0.15, 0.2) is 0 Å². The Morgan fingerprint density at radius 3 is 2.50 bits per heavy atom. The van der Waals surface area contributed by atoms with E-state index in [4.69, 9.17) is 9.47 Å². The Morgan fingerprint density at radius 1 is 1.17 bits per heavy atom. The summed E-state index contributed by atoms with van der Waals surface area (Å²) in [6.07, 6.45) is 1.41. The molecule has 1 N–H and O–H groups in total. The van der Waals surface area contributed by atoms with Gasteiger partial charge in [-0.05, 0) is 26.8 Å². The van der Waals surface area contributed by atoms with E-state index in [0.29, 0.717) is 6.10 Å². The van der Waals surface area contributed by atoms with Crippen LogP contribution in [0.1, 0.15) is 20.3 Å². The van der Waals surface area contributed by atoms with Gasteiger partial charge in [0.1, 0.15) is 0 Å². The predicted octanol–water partition coefficient (Wildman–Crippen LogP) is 1.04. The van der Waals surface area contributed by atoms with Crippen LogP contribution in [-0.4, -0.2) is 39.5 Å². The number of nitrogens with one attached hydrogen (secondary N) is 1. The molecule has 0 aliphatic heterocycles. The van der Waals surface area contributed by atoms with Gasteiger partial charge >= 0.3 is 0 Å². The molecule has 0 spiro atoms. The summed E-state index contributed by atoms with van der Waals surface area (Å²) in [6, 6.07) is 0. The Morgan fingerprint density at radius 2 is 1.92 bits per heavy atom. The van der Waals surface area contributed by atoms with Crippen LogP contribution in [0, 0.1) is 0 Å². The van der Waals surface area contributed by atoms with Gasteiger partial charge in [0.15, 0.2) is 0 Å². The molecule has 12 heavy (non-hydrogen) atoms. The summed E-state index contributed by atoms with van der Waals surface area (Å²) >= 11 is 0. The molecule has 0 atom stereocenters. The molecule has 0 saturated carbocycles. The molecule has 0 bridgehead atoms. The zero-order chi connectivity index (χ0) is 9.23. The first kappa shape index (κ1) is 11.9. The summed E-state index contributed by atoms with van der Waals surface area (Å²) in [4.78, 5) is 0. The fourth-order valence-corrected chi connectivity index (χ4v) is 0.833. The van der Waals surface area contributed by atoms with E-state index in [-0.39, 0.29) is 0 Å². The molecule has 0 amide bonds. The van der Waals surface area contributed by atoms with E-state index in [9.17, 15) is 0 Å². The van der Waals surface area contributed by atoms with Crippen molar-refractivity contribution in [2.75, 3.05) is 33.4 Å². The molecule has 74 valence electrons. The molecule has 3 nitrogen and oxygen atoms in total. The molecule has 0 rings (SSSR count). The van der Waals surface area contributed by atoms with Crippen LogP contribution in [0.25, 0.3) is 0 Å². The Bertz CT molecular complexity index is 86.6. The van der Waals surface area contributed by atoms with Crippen molar-refractivity contribution in [3.8, 4) is 0 Å². The standard InChI is InChI=1S/C9H21NO2/c1-9(2)12-8-6-10-5-4-7-11-3/h9-10H,4-8H2,1-3H3. The van der Waals surface area contributed by atoms with Crippen LogP contribution in [0.4, 0.5) is 0 Å². The van der Waals surface area contributed by atoms with Crippen LogP contribution in [0.3, 0.4) is 0 Å². The molecule has 0 fully saturated rings. The lowest BCUT2D eigenvalue weighted by Crippen LogP contribution is -2.23.